The minimum atomic E-state index is 0.617. The first-order valence-corrected chi connectivity index (χ1v) is 10.4. The second kappa shape index (κ2) is 17.4. The summed E-state index contributed by atoms with van der Waals surface area (Å²) < 4.78 is 0. The van der Waals surface area contributed by atoms with Crippen LogP contribution in [0.2, 0.25) is 0 Å². The molecule has 0 aromatic heterocycles. The standard InChI is InChI=1S/C22H32.C3H4.C2H6/c1-7-8-9-10-21(18(4)5)16-22-15-20(13-11-17(2)3)14-12-19(22)6;1-3-2;1-2/h11-16,18H,2,7-10H2,1,3-6H3;1H,2H3;1-2H3/b13-11+,21-16-;;. The van der Waals surface area contributed by atoms with Gasteiger partial charge in [0.05, 0.1) is 0 Å². The minimum Gasteiger partial charge on any atom is -0.120 e. The van der Waals surface area contributed by atoms with E-state index in [-0.39, 0.29) is 0 Å². The highest BCUT2D eigenvalue weighted by molar-refractivity contribution is 5.63. The molecule has 0 aliphatic carbocycles. The summed E-state index contributed by atoms with van der Waals surface area (Å²) in [5.74, 6) is 2.87. The number of allylic oxidation sites excluding steroid dienone is 3. The molecular weight excluding hydrogens is 324 g/mol. The Balaban J connectivity index is 0. The van der Waals surface area contributed by atoms with Crippen LogP contribution in [0.15, 0.2) is 42.0 Å². The summed E-state index contributed by atoms with van der Waals surface area (Å²) in [5, 5.41) is 0. The smallest absolute Gasteiger partial charge is 0.00297 e. The zero-order valence-electron chi connectivity index (χ0n) is 19.2. The lowest BCUT2D eigenvalue weighted by Gasteiger charge is -2.13. The molecule has 1 aromatic rings. The van der Waals surface area contributed by atoms with Gasteiger partial charge in [0.25, 0.3) is 0 Å². The van der Waals surface area contributed by atoms with Crippen molar-refractivity contribution in [3.05, 3.63) is 58.7 Å². The number of unbranched alkanes of at least 4 members (excludes halogenated alkanes) is 2. The average Bonchev–Trinajstić information content (AvgIpc) is 2.63. The van der Waals surface area contributed by atoms with E-state index in [2.05, 4.69) is 83.0 Å². The SMILES string of the molecule is C#CC.C=C(C)/C=C/c1ccc(C)c(/C=C(/CCCCC)C(C)C)c1.CC. The van der Waals surface area contributed by atoms with Crippen molar-refractivity contribution < 1.29 is 0 Å². The van der Waals surface area contributed by atoms with E-state index in [4.69, 9.17) is 0 Å². The van der Waals surface area contributed by atoms with Crippen LogP contribution in [-0.2, 0) is 0 Å². The molecule has 0 N–H and O–H groups in total. The van der Waals surface area contributed by atoms with E-state index >= 15 is 0 Å². The summed E-state index contributed by atoms with van der Waals surface area (Å²) in [4.78, 5) is 0. The molecule has 0 spiro atoms. The number of aryl methyl sites for hydroxylation is 1. The van der Waals surface area contributed by atoms with Crippen LogP contribution >= 0.6 is 0 Å². The van der Waals surface area contributed by atoms with Crippen LogP contribution in [0.5, 0.6) is 0 Å². The largest absolute Gasteiger partial charge is 0.120 e. The van der Waals surface area contributed by atoms with Crippen molar-refractivity contribution in [1.29, 1.82) is 0 Å². The number of terminal acetylenes is 1. The molecule has 0 unspecified atom stereocenters. The van der Waals surface area contributed by atoms with Gasteiger partial charge in [-0.15, -0.1) is 12.3 Å². The topological polar surface area (TPSA) is 0 Å². The van der Waals surface area contributed by atoms with Gasteiger partial charge in [0.1, 0.15) is 0 Å². The van der Waals surface area contributed by atoms with E-state index in [0.29, 0.717) is 5.92 Å². The average molecular weight is 367 g/mol. The van der Waals surface area contributed by atoms with Crippen LogP contribution < -0.4 is 0 Å². The molecule has 0 fully saturated rings. The molecule has 150 valence electrons. The highest BCUT2D eigenvalue weighted by atomic mass is 14.1. The van der Waals surface area contributed by atoms with Crippen LogP contribution in [-0.4, -0.2) is 0 Å². The summed E-state index contributed by atoms with van der Waals surface area (Å²) in [6, 6.07) is 6.68. The van der Waals surface area contributed by atoms with Gasteiger partial charge in [-0.25, -0.2) is 0 Å². The van der Waals surface area contributed by atoms with Gasteiger partial charge in [0, 0.05) is 0 Å². The molecule has 0 heteroatoms. The molecule has 0 bridgehead atoms. The Morgan fingerprint density at radius 2 is 1.81 bits per heavy atom. The third-order valence-corrected chi connectivity index (χ3v) is 4.02. The van der Waals surface area contributed by atoms with Crippen molar-refractivity contribution in [2.45, 2.75) is 81.1 Å². The second-order valence-electron chi connectivity index (χ2n) is 6.92. The minimum absolute atomic E-state index is 0.617. The maximum absolute atomic E-state index is 4.60. The fourth-order valence-corrected chi connectivity index (χ4v) is 2.46. The third-order valence-electron chi connectivity index (χ3n) is 4.02. The normalized spacial score (nSPS) is 10.6. The van der Waals surface area contributed by atoms with Gasteiger partial charge in [-0.3, -0.25) is 0 Å². The first-order valence-electron chi connectivity index (χ1n) is 10.4. The van der Waals surface area contributed by atoms with Crippen LogP contribution in [0.25, 0.3) is 12.2 Å². The van der Waals surface area contributed by atoms with Crippen molar-refractivity contribution in [2.75, 3.05) is 0 Å². The Bertz CT molecular complexity index is 618. The predicted octanol–water partition coefficient (Wildman–Crippen LogP) is 8.87. The number of benzene rings is 1. The lowest BCUT2D eigenvalue weighted by molar-refractivity contribution is 0.652. The molecule has 0 amide bonds. The predicted molar refractivity (Wildman–Crippen MR) is 128 cm³/mol. The summed E-state index contributed by atoms with van der Waals surface area (Å²) >= 11 is 0. The van der Waals surface area contributed by atoms with Gasteiger partial charge in [0.2, 0.25) is 0 Å². The van der Waals surface area contributed by atoms with Crippen molar-refractivity contribution in [1.82, 2.24) is 0 Å². The van der Waals surface area contributed by atoms with Crippen molar-refractivity contribution in [2.24, 2.45) is 5.92 Å². The Morgan fingerprint density at radius 1 is 1.22 bits per heavy atom. The van der Waals surface area contributed by atoms with E-state index in [1.54, 1.807) is 12.5 Å². The van der Waals surface area contributed by atoms with Gasteiger partial charge >= 0.3 is 0 Å². The highest BCUT2D eigenvalue weighted by Crippen LogP contribution is 2.23. The summed E-state index contributed by atoms with van der Waals surface area (Å²) in [6.07, 6.45) is 16.4. The highest BCUT2D eigenvalue weighted by Gasteiger charge is 2.05. The number of rotatable bonds is 8. The molecule has 1 rings (SSSR count). The van der Waals surface area contributed by atoms with Gasteiger partial charge < -0.3 is 0 Å². The van der Waals surface area contributed by atoms with E-state index in [1.165, 1.54) is 42.4 Å². The monoisotopic (exact) mass is 366 g/mol. The lowest BCUT2D eigenvalue weighted by atomic mass is 9.93. The molecule has 0 aliphatic heterocycles. The van der Waals surface area contributed by atoms with Crippen LogP contribution in [0, 0.1) is 25.2 Å². The Kier molecular flexibility index (Phi) is 17.6. The van der Waals surface area contributed by atoms with E-state index in [1.807, 2.05) is 20.8 Å². The molecule has 27 heavy (non-hydrogen) atoms. The van der Waals surface area contributed by atoms with E-state index in [0.717, 1.165) is 5.57 Å². The molecule has 0 radical (unpaired) electrons. The summed E-state index contributed by atoms with van der Waals surface area (Å²) in [7, 11) is 0. The van der Waals surface area contributed by atoms with Crippen LogP contribution in [0.1, 0.15) is 90.8 Å². The first-order chi connectivity index (χ1) is 12.8. The number of hydrogen-bond acceptors (Lipinski definition) is 0. The molecule has 0 saturated heterocycles. The molecular formula is C27H42. The maximum atomic E-state index is 4.60. The Labute approximate surface area is 170 Å². The fraction of sp³-hybridized carbons (Fsp3) is 0.481. The maximum Gasteiger partial charge on any atom is -0.00297 e. The van der Waals surface area contributed by atoms with E-state index < -0.39 is 0 Å². The Hall–Kier alpha value is -2.00. The molecule has 1 aromatic carbocycles. The quantitative estimate of drug-likeness (QED) is 0.245. The fourth-order valence-electron chi connectivity index (χ4n) is 2.46. The number of hydrogen-bond donors (Lipinski definition) is 0. The second-order valence-corrected chi connectivity index (χ2v) is 6.92. The van der Waals surface area contributed by atoms with E-state index in [9.17, 15) is 0 Å². The summed E-state index contributed by atoms with van der Waals surface area (Å²) in [6.45, 7) is 20.7. The van der Waals surface area contributed by atoms with Gasteiger partial charge in [-0.05, 0) is 62.3 Å². The molecule has 0 nitrogen and oxygen atoms in total. The zero-order chi connectivity index (χ0) is 21.2. The third kappa shape index (κ3) is 13.8. The van der Waals surface area contributed by atoms with Crippen LogP contribution in [0.4, 0.5) is 0 Å². The summed E-state index contributed by atoms with van der Waals surface area (Å²) in [5.41, 5.74) is 6.60. The first kappa shape index (κ1) is 27.2. The lowest BCUT2D eigenvalue weighted by Crippen LogP contribution is -1.95. The molecule has 0 aliphatic rings. The zero-order valence-corrected chi connectivity index (χ0v) is 19.2. The Morgan fingerprint density at radius 3 is 2.30 bits per heavy atom. The van der Waals surface area contributed by atoms with Gasteiger partial charge in [0.15, 0.2) is 0 Å². The van der Waals surface area contributed by atoms with Crippen LogP contribution in [0.3, 0.4) is 0 Å². The van der Waals surface area contributed by atoms with Crippen molar-refractivity contribution in [3.63, 3.8) is 0 Å². The molecule has 0 heterocycles. The molecule has 0 saturated carbocycles. The van der Waals surface area contributed by atoms with Crippen molar-refractivity contribution in [3.8, 4) is 12.3 Å². The van der Waals surface area contributed by atoms with Gasteiger partial charge in [-0.1, -0.05) is 95.5 Å². The van der Waals surface area contributed by atoms with Crippen molar-refractivity contribution >= 4 is 12.2 Å². The molecule has 0 atom stereocenters. The van der Waals surface area contributed by atoms with Gasteiger partial charge in [-0.2, -0.15) is 0 Å².